The van der Waals surface area contributed by atoms with E-state index in [1.807, 2.05) is 0 Å². The summed E-state index contributed by atoms with van der Waals surface area (Å²) in [7, 11) is 0. The number of nitrogens with zero attached hydrogens (tertiary/aromatic N) is 4. The van der Waals surface area contributed by atoms with Crippen molar-refractivity contribution >= 4 is 23.2 Å². The predicted octanol–water partition coefficient (Wildman–Crippen LogP) is 4.31. The van der Waals surface area contributed by atoms with Gasteiger partial charge in [-0.1, -0.05) is 27.7 Å². The highest BCUT2D eigenvalue weighted by Gasteiger charge is 2.61. The molecule has 3 aliphatic rings. The van der Waals surface area contributed by atoms with Crippen molar-refractivity contribution in [3.8, 4) is 0 Å². The van der Waals surface area contributed by atoms with Crippen molar-refractivity contribution in [2.45, 2.75) is 53.0 Å². The summed E-state index contributed by atoms with van der Waals surface area (Å²) in [4.78, 5) is 26.8. The van der Waals surface area contributed by atoms with Crippen molar-refractivity contribution in [3.63, 3.8) is 0 Å². The number of benzene rings is 1. The summed E-state index contributed by atoms with van der Waals surface area (Å²) in [5.74, 6) is 1.02. The monoisotopic (exact) mass is 462 g/mol. The molecule has 3 fully saturated rings. The average molecular weight is 463 g/mol. The number of amides is 1. The van der Waals surface area contributed by atoms with Gasteiger partial charge >= 0.3 is 0 Å². The molecule has 0 radical (unpaired) electrons. The second-order valence-electron chi connectivity index (χ2n) is 11.0. The first-order chi connectivity index (χ1) is 16.3. The molecule has 2 aromatic rings. The molecule has 1 aromatic heterocycles. The fourth-order valence-corrected chi connectivity index (χ4v) is 6.41. The Kier molecular flexibility index (Phi) is 6.00. The van der Waals surface area contributed by atoms with E-state index in [1.165, 1.54) is 18.5 Å². The van der Waals surface area contributed by atoms with Crippen LogP contribution in [-0.2, 0) is 0 Å². The molecule has 182 valence electrons. The summed E-state index contributed by atoms with van der Waals surface area (Å²) < 4.78 is 0. The lowest BCUT2D eigenvalue weighted by atomic mass is 9.69. The fraction of sp³-hybridized carbons (Fsp3) is 0.593. The van der Waals surface area contributed by atoms with E-state index in [4.69, 9.17) is 0 Å². The number of carbonyl (C=O) groups is 1. The van der Waals surface area contributed by atoms with E-state index >= 15 is 0 Å². The third-order valence-electron chi connectivity index (χ3n) is 9.30. The van der Waals surface area contributed by atoms with Crippen LogP contribution in [0.5, 0.6) is 0 Å². The highest BCUT2D eigenvalue weighted by molar-refractivity contribution is 5.92. The molecular formula is C27H38N6O. The van der Waals surface area contributed by atoms with Gasteiger partial charge in [0.2, 0.25) is 5.95 Å². The molecule has 34 heavy (non-hydrogen) atoms. The maximum absolute atomic E-state index is 13.1. The molecule has 7 nitrogen and oxygen atoms in total. The summed E-state index contributed by atoms with van der Waals surface area (Å²) in [6.45, 7) is 14.7. The Hall–Kier alpha value is -2.67. The maximum atomic E-state index is 13.1. The van der Waals surface area contributed by atoms with Gasteiger partial charge in [-0.25, -0.2) is 9.97 Å². The van der Waals surface area contributed by atoms with Crippen molar-refractivity contribution in [3.05, 3.63) is 42.2 Å². The molecule has 3 atom stereocenters. The van der Waals surface area contributed by atoms with E-state index < -0.39 is 0 Å². The van der Waals surface area contributed by atoms with E-state index in [-0.39, 0.29) is 22.8 Å². The minimum absolute atomic E-state index is 0.110. The van der Waals surface area contributed by atoms with Gasteiger partial charge < -0.3 is 20.4 Å². The molecule has 2 aliphatic carbocycles. The smallest absolute Gasteiger partial charge is 0.270 e. The SMILES string of the molecule is CCN1CCN(c2ccc(Nc3nccc(C(=O)NC4C[C@@H]5CC[C@@]4(C)C5(C)C)n3)cc2)CC1. The van der Waals surface area contributed by atoms with Crippen molar-refractivity contribution in [2.24, 2.45) is 16.7 Å². The molecular weight excluding hydrogens is 424 g/mol. The number of piperazine rings is 1. The van der Waals surface area contributed by atoms with E-state index in [2.05, 4.69) is 82.4 Å². The Morgan fingerprint density at radius 2 is 1.82 bits per heavy atom. The van der Waals surface area contributed by atoms with Gasteiger partial charge in [-0.15, -0.1) is 0 Å². The zero-order valence-corrected chi connectivity index (χ0v) is 21.0. The number of rotatable bonds is 6. The van der Waals surface area contributed by atoms with Crippen molar-refractivity contribution in [1.29, 1.82) is 0 Å². The van der Waals surface area contributed by atoms with Gasteiger partial charge in [-0.3, -0.25) is 4.79 Å². The van der Waals surface area contributed by atoms with E-state index in [0.717, 1.165) is 44.8 Å². The minimum atomic E-state index is -0.110. The first-order valence-corrected chi connectivity index (χ1v) is 12.8. The first kappa shape index (κ1) is 23.1. The molecule has 1 unspecified atom stereocenters. The van der Waals surface area contributed by atoms with Gasteiger partial charge in [0.25, 0.3) is 5.91 Å². The van der Waals surface area contributed by atoms with Crippen LogP contribution in [0.2, 0.25) is 0 Å². The van der Waals surface area contributed by atoms with Crippen LogP contribution in [0, 0.1) is 16.7 Å². The number of hydrogen-bond donors (Lipinski definition) is 2. The molecule has 7 heteroatoms. The van der Waals surface area contributed by atoms with Gasteiger partial charge in [0.15, 0.2) is 0 Å². The second kappa shape index (κ2) is 8.84. The lowest BCUT2D eigenvalue weighted by Gasteiger charge is -2.39. The molecule has 2 heterocycles. The van der Waals surface area contributed by atoms with Crippen LogP contribution in [0.3, 0.4) is 0 Å². The molecule has 5 rings (SSSR count). The molecule has 2 saturated carbocycles. The lowest BCUT2D eigenvalue weighted by molar-refractivity contribution is 0.0821. The Morgan fingerprint density at radius 1 is 1.09 bits per heavy atom. The van der Waals surface area contributed by atoms with Crippen molar-refractivity contribution in [1.82, 2.24) is 20.2 Å². The average Bonchev–Trinajstić information content (AvgIpc) is 3.18. The van der Waals surface area contributed by atoms with Crippen LogP contribution in [0.25, 0.3) is 0 Å². The summed E-state index contributed by atoms with van der Waals surface area (Å²) in [5, 5.41) is 6.56. The quantitative estimate of drug-likeness (QED) is 0.667. The Bertz CT molecular complexity index is 1030. The number of nitrogens with one attached hydrogen (secondary N) is 2. The zero-order valence-electron chi connectivity index (χ0n) is 21.0. The zero-order chi connectivity index (χ0) is 23.9. The van der Waals surface area contributed by atoms with Crippen LogP contribution in [-0.4, -0.2) is 59.5 Å². The number of fused-ring (bicyclic) bond motifs is 2. The summed E-state index contributed by atoms with van der Waals surface area (Å²) in [5.41, 5.74) is 2.96. The highest BCUT2D eigenvalue weighted by atomic mass is 16.2. The van der Waals surface area contributed by atoms with E-state index in [9.17, 15) is 4.79 Å². The minimum Gasteiger partial charge on any atom is -0.369 e. The highest BCUT2D eigenvalue weighted by Crippen LogP contribution is 2.65. The fourth-order valence-electron chi connectivity index (χ4n) is 6.41. The topological polar surface area (TPSA) is 73.4 Å². The predicted molar refractivity (Wildman–Crippen MR) is 137 cm³/mol. The molecule has 1 amide bonds. The summed E-state index contributed by atoms with van der Waals surface area (Å²) >= 11 is 0. The van der Waals surface area contributed by atoms with Crippen LogP contribution >= 0.6 is 0 Å². The van der Waals surface area contributed by atoms with Gasteiger partial charge in [0.1, 0.15) is 5.69 Å². The van der Waals surface area contributed by atoms with Crippen LogP contribution in [0.1, 0.15) is 57.4 Å². The Morgan fingerprint density at radius 3 is 2.44 bits per heavy atom. The van der Waals surface area contributed by atoms with Gasteiger partial charge in [0, 0.05) is 49.8 Å². The number of aromatic nitrogens is 2. The second-order valence-corrected chi connectivity index (χ2v) is 11.0. The van der Waals surface area contributed by atoms with Crippen molar-refractivity contribution < 1.29 is 4.79 Å². The molecule has 1 aromatic carbocycles. The van der Waals surface area contributed by atoms with Crippen LogP contribution < -0.4 is 15.5 Å². The molecule has 2 N–H and O–H groups in total. The maximum Gasteiger partial charge on any atom is 0.270 e. The number of hydrogen-bond acceptors (Lipinski definition) is 6. The number of carbonyl (C=O) groups excluding carboxylic acids is 1. The van der Waals surface area contributed by atoms with Gasteiger partial charge in [-0.2, -0.15) is 0 Å². The standard InChI is InChI=1S/C27H38N6O/c1-5-32-14-16-33(17-15-32)21-8-6-20(7-9-21)29-25-28-13-11-22(30-25)24(34)31-23-18-19-10-12-27(23,4)26(19,2)3/h6-9,11,13,19,23H,5,10,12,14-18H2,1-4H3,(H,31,34)(H,28,29,30)/t19-,23?,27+/m0/s1. The largest absolute Gasteiger partial charge is 0.369 e. The number of likely N-dealkylation sites (N-methyl/N-ethyl adjacent to an activating group) is 1. The molecule has 0 spiro atoms. The van der Waals surface area contributed by atoms with Gasteiger partial charge in [0.05, 0.1) is 0 Å². The lowest BCUT2D eigenvalue weighted by Crippen LogP contribution is -2.47. The third-order valence-corrected chi connectivity index (χ3v) is 9.30. The summed E-state index contributed by atoms with van der Waals surface area (Å²) in [6.07, 6.45) is 5.16. The van der Waals surface area contributed by atoms with E-state index in [1.54, 1.807) is 12.3 Å². The summed E-state index contributed by atoms with van der Waals surface area (Å²) in [6, 6.07) is 10.3. The Labute approximate surface area is 203 Å². The normalized spacial score (nSPS) is 28.2. The van der Waals surface area contributed by atoms with Crippen LogP contribution in [0.15, 0.2) is 36.5 Å². The van der Waals surface area contributed by atoms with Gasteiger partial charge in [-0.05, 0) is 72.9 Å². The number of anilines is 3. The van der Waals surface area contributed by atoms with E-state index in [0.29, 0.717) is 17.6 Å². The third kappa shape index (κ3) is 4.04. The molecule has 2 bridgehead atoms. The van der Waals surface area contributed by atoms with Crippen LogP contribution in [0.4, 0.5) is 17.3 Å². The first-order valence-electron chi connectivity index (χ1n) is 12.8. The molecule has 1 saturated heterocycles. The molecule has 1 aliphatic heterocycles. The Balaban J connectivity index is 1.21. The van der Waals surface area contributed by atoms with Crippen molar-refractivity contribution in [2.75, 3.05) is 42.9 Å².